The molecule has 0 saturated carbocycles. The Balaban J connectivity index is 1.61. The minimum Gasteiger partial charge on any atom is -0.449 e. The molecule has 3 amide bonds. The van der Waals surface area contributed by atoms with E-state index in [1.807, 2.05) is 0 Å². The summed E-state index contributed by atoms with van der Waals surface area (Å²) in [6.07, 6.45) is -1.08. The highest BCUT2D eigenvalue weighted by molar-refractivity contribution is 6.21. The van der Waals surface area contributed by atoms with Crippen molar-refractivity contribution < 1.29 is 28.3 Å². The predicted octanol–water partition coefficient (Wildman–Crippen LogP) is 1.91. The van der Waals surface area contributed by atoms with E-state index in [4.69, 9.17) is 4.74 Å². The van der Waals surface area contributed by atoms with Crippen LogP contribution in [0.4, 0.5) is 4.39 Å². The average Bonchev–Trinajstić information content (AvgIpc) is 2.91. The molecule has 1 aliphatic rings. The smallest absolute Gasteiger partial charge is 0.338 e. The van der Waals surface area contributed by atoms with Crippen molar-refractivity contribution in [1.82, 2.24) is 10.2 Å². The summed E-state index contributed by atoms with van der Waals surface area (Å²) in [5, 5.41) is 2.59. The fraction of sp³-hybridized carbons (Fsp3) is 0.200. The first-order valence-electron chi connectivity index (χ1n) is 8.47. The number of ether oxygens (including phenoxy) is 1. The van der Waals surface area contributed by atoms with Gasteiger partial charge in [-0.25, -0.2) is 9.18 Å². The van der Waals surface area contributed by atoms with Gasteiger partial charge in [0, 0.05) is 13.6 Å². The standard InChI is InChI=1S/C20H17FN2O5/c1-11(17(24)22-10-12-3-6-14(21)7-4-12)28-20(27)13-5-8-15-16(9-13)19(26)23(2)18(15)25/h3-9,11H,10H2,1-2H3,(H,22,24). The van der Waals surface area contributed by atoms with E-state index in [0.29, 0.717) is 5.56 Å². The third-order valence-corrected chi connectivity index (χ3v) is 4.36. The van der Waals surface area contributed by atoms with Gasteiger partial charge in [-0.2, -0.15) is 0 Å². The first-order valence-corrected chi connectivity index (χ1v) is 8.47. The number of benzene rings is 2. The third-order valence-electron chi connectivity index (χ3n) is 4.36. The van der Waals surface area contributed by atoms with Crippen LogP contribution in [0.25, 0.3) is 0 Å². The highest BCUT2D eigenvalue weighted by atomic mass is 19.1. The zero-order valence-electron chi connectivity index (χ0n) is 15.2. The average molecular weight is 384 g/mol. The molecule has 1 heterocycles. The van der Waals surface area contributed by atoms with Crippen LogP contribution < -0.4 is 5.32 Å². The maximum absolute atomic E-state index is 12.9. The fourth-order valence-electron chi connectivity index (χ4n) is 2.71. The number of halogens is 1. The van der Waals surface area contributed by atoms with Crippen LogP contribution in [-0.2, 0) is 16.1 Å². The molecule has 1 atom stereocenters. The van der Waals surface area contributed by atoms with Crippen molar-refractivity contribution in [2.24, 2.45) is 0 Å². The monoisotopic (exact) mass is 384 g/mol. The number of carbonyl (C=O) groups excluding carboxylic acids is 4. The molecule has 0 bridgehead atoms. The van der Waals surface area contributed by atoms with E-state index in [0.717, 1.165) is 4.90 Å². The molecule has 1 aliphatic heterocycles. The molecule has 2 aromatic rings. The zero-order chi connectivity index (χ0) is 20.4. The molecule has 0 spiro atoms. The molecule has 0 radical (unpaired) electrons. The van der Waals surface area contributed by atoms with Gasteiger partial charge in [0.15, 0.2) is 6.10 Å². The quantitative estimate of drug-likeness (QED) is 0.628. The summed E-state index contributed by atoms with van der Waals surface area (Å²) in [7, 11) is 1.36. The van der Waals surface area contributed by atoms with E-state index < -0.39 is 29.8 Å². The van der Waals surface area contributed by atoms with Crippen molar-refractivity contribution >= 4 is 23.7 Å². The molecule has 2 aromatic carbocycles. The van der Waals surface area contributed by atoms with Gasteiger partial charge in [-0.3, -0.25) is 19.3 Å². The molecule has 8 heteroatoms. The molecular formula is C20H17FN2O5. The lowest BCUT2D eigenvalue weighted by Gasteiger charge is -2.14. The number of rotatable bonds is 5. The van der Waals surface area contributed by atoms with Gasteiger partial charge < -0.3 is 10.1 Å². The van der Waals surface area contributed by atoms with Crippen LogP contribution >= 0.6 is 0 Å². The van der Waals surface area contributed by atoms with Gasteiger partial charge in [-0.05, 0) is 42.8 Å². The maximum Gasteiger partial charge on any atom is 0.338 e. The predicted molar refractivity (Wildman–Crippen MR) is 96.0 cm³/mol. The van der Waals surface area contributed by atoms with Crippen LogP contribution in [0.15, 0.2) is 42.5 Å². The topological polar surface area (TPSA) is 92.8 Å². The van der Waals surface area contributed by atoms with Crippen LogP contribution in [0.3, 0.4) is 0 Å². The van der Waals surface area contributed by atoms with Crippen molar-refractivity contribution in [2.45, 2.75) is 19.6 Å². The largest absolute Gasteiger partial charge is 0.449 e. The minimum atomic E-state index is -1.08. The summed E-state index contributed by atoms with van der Waals surface area (Å²) in [5.74, 6) is -2.63. The van der Waals surface area contributed by atoms with Gasteiger partial charge in [0.25, 0.3) is 17.7 Å². The Hall–Kier alpha value is -3.55. The van der Waals surface area contributed by atoms with E-state index >= 15 is 0 Å². The van der Waals surface area contributed by atoms with E-state index in [1.165, 1.54) is 56.4 Å². The molecular weight excluding hydrogens is 367 g/mol. The molecule has 3 rings (SSSR count). The lowest BCUT2D eigenvalue weighted by atomic mass is 10.1. The number of imide groups is 1. The summed E-state index contributed by atoms with van der Waals surface area (Å²) >= 11 is 0. The van der Waals surface area contributed by atoms with Crippen molar-refractivity contribution in [3.63, 3.8) is 0 Å². The Labute approximate surface area is 160 Å². The number of fused-ring (bicyclic) bond motifs is 1. The number of hydrogen-bond donors (Lipinski definition) is 1. The summed E-state index contributed by atoms with van der Waals surface area (Å²) in [6.45, 7) is 1.57. The van der Waals surface area contributed by atoms with E-state index in [-0.39, 0.29) is 29.1 Å². The summed E-state index contributed by atoms with van der Waals surface area (Å²) < 4.78 is 18.0. The van der Waals surface area contributed by atoms with E-state index in [2.05, 4.69) is 5.32 Å². The summed E-state index contributed by atoms with van der Waals surface area (Å²) in [6, 6.07) is 9.66. The molecule has 0 saturated heterocycles. The van der Waals surface area contributed by atoms with E-state index in [9.17, 15) is 23.6 Å². The first kappa shape index (κ1) is 19.2. The number of esters is 1. The van der Waals surface area contributed by atoms with Crippen LogP contribution in [0, 0.1) is 5.82 Å². The van der Waals surface area contributed by atoms with E-state index in [1.54, 1.807) is 0 Å². The van der Waals surface area contributed by atoms with Gasteiger partial charge in [-0.15, -0.1) is 0 Å². The lowest BCUT2D eigenvalue weighted by Crippen LogP contribution is -2.35. The van der Waals surface area contributed by atoms with Gasteiger partial charge in [0.1, 0.15) is 5.82 Å². The molecule has 0 aliphatic carbocycles. The Bertz CT molecular complexity index is 971. The molecule has 7 nitrogen and oxygen atoms in total. The highest BCUT2D eigenvalue weighted by Gasteiger charge is 2.33. The third kappa shape index (κ3) is 3.75. The fourth-order valence-corrected chi connectivity index (χ4v) is 2.71. The van der Waals surface area contributed by atoms with Gasteiger partial charge >= 0.3 is 5.97 Å². The van der Waals surface area contributed by atoms with Crippen molar-refractivity contribution in [3.05, 3.63) is 70.5 Å². The van der Waals surface area contributed by atoms with Gasteiger partial charge in [0.2, 0.25) is 0 Å². The Morgan fingerprint density at radius 3 is 2.39 bits per heavy atom. The molecule has 1 unspecified atom stereocenters. The second kappa shape index (κ2) is 7.59. The summed E-state index contributed by atoms with van der Waals surface area (Å²) in [4.78, 5) is 49.3. The van der Waals surface area contributed by atoms with Crippen molar-refractivity contribution in [2.75, 3.05) is 7.05 Å². The van der Waals surface area contributed by atoms with Gasteiger partial charge in [0.05, 0.1) is 16.7 Å². The minimum absolute atomic E-state index is 0.0633. The number of carbonyl (C=O) groups is 4. The SMILES string of the molecule is CC(OC(=O)c1ccc2c(c1)C(=O)N(C)C2=O)C(=O)NCc1ccc(F)cc1. The van der Waals surface area contributed by atoms with Gasteiger partial charge in [-0.1, -0.05) is 12.1 Å². The van der Waals surface area contributed by atoms with Crippen LogP contribution in [0.1, 0.15) is 43.6 Å². The normalized spacial score (nSPS) is 13.9. The molecule has 0 aromatic heterocycles. The molecule has 0 fully saturated rings. The van der Waals surface area contributed by atoms with Crippen LogP contribution in [0.5, 0.6) is 0 Å². The number of hydrogen-bond acceptors (Lipinski definition) is 5. The molecule has 28 heavy (non-hydrogen) atoms. The van der Waals surface area contributed by atoms with Crippen molar-refractivity contribution in [1.29, 1.82) is 0 Å². The Morgan fingerprint density at radius 2 is 1.71 bits per heavy atom. The molecule has 144 valence electrons. The Morgan fingerprint density at radius 1 is 1.07 bits per heavy atom. The number of nitrogens with zero attached hydrogens (tertiary/aromatic N) is 1. The number of amides is 3. The van der Waals surface area contributed by atoms with Crippen molar-refractivity contribution in [3.8, 4) is 0 Å². The van der Waals surface area contributed by atoms with Crippen LogP contribution in [0.2, 0.25) is 0 Å². The maximum atomic E-state index is 12.9. The molecule has 1 N–H and O–H groups in total. The first-order chi connectivity index (χ1) is 13.3. The lowest BCUT2D eigenvalue weighted by molar-refractivity contribution is -0.129. The second-order valence-corrected chi connectivity index (χ2v) is 6.32. The van der Waals surface area contributed by atoms with Crippen LogP contribution in [-0.4, -0.2) is 41.7 Å². The summed E-state index contributed by atoms with van der Waals surface area (Å²) in [5.41, 5.74) is 1.09. The highest BCUT2D eigenvalue weighted by Crippen LogP contribution is 2.23. The Kier molecular flexibility index (Phi) is 5.21. The second-order valence-electron chi connectivity index (χ2n) is 6.32. The zero-order valence-corrected chi connectivity index (χ0v) is 15.2. The number of nitrogens with one attached hydrogen (secondary N) is 1.